The molecule has 0 saturated heterocycles. The maximum atomic E-state index is 11.8. The molecule has 0 spiro atoms. The number of hydrogen-bond acceptors (Lipinski definition) is 4. The topological polar surface area (TPSA) is 83.8 Å². The van der Waals surface area contributed by atoms with E-state index in [0.717, 1.165) is 17.0 Å². The van der Waals surface area contributed by atoms with Gasteiger partial charge in [0.25, 0.3) is 0 Å². The van der Waals surface area contributed by atoms with E-state index in [0.29, 0.717) is 11.6 Å². The first kappa shape index (κ1) is 11.4. The smallest absolute Gasteiger partial charge is 0.230 e. The Hall–Kier alpha value is -2.11. The van der Waals surface area contributed by atoms with Crippen LogP contribution in [0.2, 0.25) is 0 Å². The minimum absolute atomic E-state index is 0.133. The highest BCUT2D eigenvalue weighted by Gasteiger charge is 2.12. The van der Waals surface area contributed by atoms with Crippen molar-refractivity contribution in [3.63, 3.8) is 0 Å². The molecule has 0 radical (unpaired) electrons. The Morgan fingerprint density at radius 2 is 2.24 bits per heavy atom. The summed E-state index contributed by atoms with van der Waals surface area (Å²) in [6, 6.07) is 1.67. The van der Waals surface area contributed by atoms with E-state index in [1.807, 2.05) is 13.8 Å². The molecule has 2 rings (SSSR count). The van der Waals surface area contributed by atoms with Crippen LogP contribution in [-0.4, -0.2) is 21.3 Å². The lowest BCUT2D eigenvalue weighted by molar-refractivity contribution is -0.115. The number of anilines is 1. The zero-order chi connectivity index (χ0) is 12.4. The third-order valence-corrected chi connectivity index (χ3v) is 2.51. The Balaban J connectivity index is 2.03. The Kier molecular flexibility index (Phi) is 2.95. The molecule has 6 heteroatoms. The standard InChI is InChI=1S/C11H14N4O2/c1-6-4-10(15-17-6)12-11(16)5-9-7(2)13-14-8(9)3/h4H,5H2,1-3H3,(H,13,14)(H,12,15,16). The molecule has 0 aromatic carbocycles. The van der Waals surface area contributed by atoms with Crippen LogP contribution < -0.4 is 5.32 Å². The number of rotatable bonds is 3. The third kappa shape index (κ3) is 2.52. The summed E-state index contributed by atoms with van der Waals surface area (Å²) < 4.78 is 4.86. The lowest BCUT2D eigenvalue weighted by Crippen LogP contribution is -2.15. The second kappa shape index (κ2) is 4.40. The Morgan fingerprint density at radius 3 is 2.76 bits per heavy atom. The van der Waals surface area contributed by atoms with Crippen LogP contribution in [0.5, 0.6) is 0 Å². The summed E-state index contributed by atoms with van der Waals surface area (Å²) in [7, 11) is 0. The predicted molar refractivity (Wildman–Crippen MR) is 61.6 cm³/mol. The van der Waals surface area contributed by atoms with Crippen LogP contribution in [0.15, 0.2) is 10.6 Å². The van der Waals surface area contributed by atoms with Crippen molar-refractivity contribution in [2.24, 2.45) is 0 Å². The quantitative estimate of drug-likeness (QED) is 0.843. The summed E-state index contributed by atoms with van der Waals surface area (Å²) in [5, 5.41) is 13.3. The van der Waals surface area contributed by atoms with Crippen molar-refractivity contribution in [2.45, 2.75) is 27.2 Å². The second-order valence-electron chi connectivity index (χ2n) is 3.96. The van der Waals surface area contributed by atoms with Gasteiger partial charge in [-0.3, -0.25) is 9.89 Å². The number of aromatic amines is 1. The van der Waals surface area contributed by atoms with Gasteiger partial charge in [0.1, 0.15) is 5.76 Å². The summed E-state index contributed by atoms with van der Waals surface area (Å²) >= 11 is 0. The van der Waals surface area contributed by atoms with Gasteiger partial charge in [0.05, 0.1) is 12.1 Å². The Morgan fingerprint density at radius 1 is 1.47 bits per heavy atom. The van der Waals surface area contributed by atoms with Crippen LogP contribution in [0.4, 0.5) is 5.82 Å². The molecular weight excluding hydrogens is 220 g/mol. The van der Waals surface area contributed by atoms with E-state index in [1.54, 1.807) is 13.0 Å². The summed E-state index contributed by atoms with van der Waals surface area (Å²) in [5.41, 5.74) is 2.67. The molecule has 2 N–H and O–H groups in total. The number of hydrogen-bond donors (Lipinski definition) is 2. The number of aromatic nitrogens is 3. The zero-order valence-electron chi connectivity index (χ0n) is 10.00. The number of carbonyl (C=O) groups excluding carboxylic acids is 1. The van der Waals surface area contributed by atoms with Gasteiger partial charge in [0.2, 0.25) is 5.91 Å². The van der Waals surface area contributed by atoms with Gasteiger partial charge < -0.3 is 9.84 Å². The average molecular weight is 234 g/mol. The van der Waals surface area contributed by atoms with Gasteiger partial charge in [0.15, 0.2) is 5.82 Å². The van der Waals surface area contributed by atoms with Gasteiger partial charge in [-0.1, -0.05) is 5.16 Å². The summed E-state index contributed by atoms with van der Waals surface area (Å²) in [6.45, 7) is 5.53. The minimum Gasteiger partial charge on any atom is -0.360 e. The van der Waals surface area contributed by atoms with Gasteiger partial charge in [-0.05, 0) is 20.8 Å². The molecule has 0 unspecified atom stereocenters. The largest absolute Gasteiger partial charge is 0.360 e. The van der Waals surface area contributed by atoms with Crippen LogP contribution in [0.3, 0.4) is 0 Å². The summed E-state index contributed by atoms with van der Waals surface area (Å²) in [6.07, 6.45) is 0.278. The van der Waals surface area contributed by atoms with Crippen molar-refractivity contribution in [3.05, 3.63) is 28.8 Å². The van der Waals surface area contributed by atoms with Crippen LogP contribution in [0, 0.1) is 20.8 Å². The molecule has 2 heterocycles. The van der Waals surface area contributed by atoms with Gasteiger partial charge in [-0.2, -0.15) is 5.10 Å². The molecule has 0 aliphatic heterocycles. The van der Waals surface area contributed by atoms with Gasteiger partial charge in [-0.25, -0.2) is 0 Å². The molecule has 6 nitrogen and oxygen atoms in total. The summed E-state index contributed by atoms with van der Waals surface area (Å²) in [4.78, 5) is 11.8. The number of nitrogens with zero attached hydrogens (tertiary/aromatic N) is 2. The molecule has 90 valence electrons. The van der Waals surface area contributed by atoms with Crippen molar-refractivity contribution in [1.29, 1.82) is 0 Å². The van der Waals surface area contributed by atoms with Crippen LogP contribution in [0.1, 0.15) is 22.7 Å². The van der Waals surface area contributed by atoms with E-state index in [-0.39, 0.29) is 12.3 Å². The highest BCUT2D eigenvalue weighted by atomic mass is 16.5. The number of aryl methyl sites for hydroxylation is 3. The molecule has 2 aromatic rings. The molecule has 0 fully saturated rings. The minimum atomic E-state index is -0.133. The number of H-pyrrole nitrogens is 1. The normalized spacial score (nSPS) is 10.5. The van der Waals surface area contributed by atoms with Crippen LogP contribution in [-0.2, 0) is 11.2 Å². The third-order valence-electron chi connectivity index (χ3n) is 2.51. The van der Waals surface area contributed by atoms with Crippen molar-refractivity contribution in [3.8, 4) is 0 Å². The monoisotopic (exact) mass is 234 g/mol. The molecule has 0 bridgehead atoms. The van der Waals surface area contributed by atoms with Gasteiger partial charge in [-0.15, -0.1) is 0 Å². The van der Waals surface area contributed by atoms with Crippen LogP contribution in [0.25, 0.3) is 0 Å². The number of amides is 1. The van der Waals surface area contributed by atoms with E-state index >= 15 is 0 Å². The molecule has 0 atom stereocenters. The molecule has 0 saturated carbocycles. The van der Waals surface area contributed by atoms with Crippen LogP contribution >= 0.6 is 0 Å². The van der Waals surface area contributed by atoms with E-state index in [1.165, 1.54) is 0 Å². The fourth-order valence-electron chi connectivity index (χ4n) is 1.61. The molecular formula is C11H14N4O2. The summed E-state index contributed by atoms with van der Waals surface area (Å²) in [5.74, 6) is 0.966. The van der Waals surface area contributed by atoms with E-state index in [4.69, 9.17) is 4.52 Å². The number of carbonyl (C=O) groups is 1. The van der Waals surface area contributed by atoms with E-state index in [2.05, 4.69) is 20.7 Å². The molecule has 0 aliphatic rings. The SMILES string of the molecule is Cc1cc(NC(=O)Cc2c(C)n[nH]c2C)no1. The highest BCUT2D eigenvalue weighted by Crippen LogP contribution is 2.12. The van der Waals surface area contributed by atoms with E-state index in [9.17, 15) is 4.79 Å². The zero-order valence-corrected chi connectivity index (χ0v) is 10.00. The fraction of sp³-hybridized carbons (Fsp3) is 0.364. The lowest BCUT2D eigenvalue weighted by atomic mass is 10.1. The maximum absolute atomic E-state index is 11.8. The average Bonchev–Trinajstić information content (AvgIpc) is 2.79. The van der Waals surface area contributed by atoms with Gasteiger partial charge >= 0.3 is 0 Å². The molecule has 2 aromatic heterocycles. The lowest BCUT2D eigenvalue weighted by Gasteiger charge is -2.01. The van der Waals surface area contributed by atoms with Crippen molar-refractivity contribution < 1.29 is 9.32 Å². The number of nitrogens with one attached hydrogen (secondary N) is 2. The second-order valence-corrected chi connectivity index (χ2v) is 3.96. The first-order valence-electron chi connectivity index (χ1n) is 5.30. The molecule has 0 aliphatic carbocycles. The van der Waals surface area contributed by atoms with E-state index < -0.39 is 0 Å². The first-order chi connectivity index (χ1) is 8.06. The van der Waals surface area contributed by atoms with Crippen molar-refractivity contribution >= 4 is 11.7 Å². The Bertz CT molecular complexity index is 522. The predicted octanol–water partition coefficient (Wildman–Crippen LogP) is 1.50. The first-order valence-corrected chi connectivity index (χ1v) is 5.30. The Labute approximate surface area is 98.4 Å². The van der Waals surface area contributed by atoms with Crippen molar-refractivity contribution in [2.75, 3.05) is 5.32 Å². The maximum Gasteiger partial charge on any atom is 0.230 e. The fourth-order valence-corrected chi connectivity index (χ4v) is 1.61. The highest BCUT2D eigenvalue weighted by molar-refractivity contribution is 5.91. The molecule has 1 amide bonds. The molecule has 17 heavy (non-hydrogen) atoms. The van der Waals surface area contributed by atoms with Crippen molar-refractivity contribution in [1.82, 2.24) is 15.4 Å². The van der Waals surface area contributed by atoms with Gasteiger partial charge in [0, 0.05) is 17.3 Å².